The number of ketones is 1. The van der Waals surface area contributed by atoms with Gasteiger partial charge >= 0.3 is 0 Å². The molecule has 2 N–H and O–H groups in total. The lowest BCUT2D eigenvalue weighted by Crippen LogP contribution is -2.19. The Morgan fingerprint density at radius 3 is 2.73 bits per heavy atom. The summed E-state index contributed by atoms with van der Waals surface area (Å²) in [5.74, 6) is 0.232. The number of hydrogen-bond donors (Lipinski definition) is 1. The topological polar surface area (TPSA) is 60.2 Å². The minimum Gasteiger partial charge on any atom is -0.370 e. The van der Waals surface area contributed by atoms with Gasteiger partial charge in [0.15, 0.2) is 0 Å². The van der Waals surface area contributed by atoms with E-state index in [-0.39, 0.29) is 23.5 Å². The first-order valence-corrected chi connectivity index (χ1v) is 3.92. The van der Waals surface area contributed by atoms with E-state index in [1.165, 1.54) is 0 Å². The molecule has 11 heavy (non-hydrogen) atoms. The zero-order valence-electron chi connectivity index (χ0n) is 6.67. The van der Waals surface area contributed by atoms with Gasteiger partial charge in [0.05, 0.1) is 0 Å². The van der Waals surface area contributed by atoms with E-state index in [0.717, 1.165) is 6.42 Å². The summed E-state index contributed by atoms with van der Waals surface area (Å²) < 4.78 is 0. The summed E-state index contributed by atoms with van der Waals surface area (Å²) in [5.41, 5.74) is 5.03. The number of amides is 1. The fraction of sp³-hybridized carbons (Fsp3) is 0.750. The predicted molar refractivity (Wildman–Crippen MR) is 40.7 cm³/mol. The summed E-state index contributed by atoms with van der Waals surface area (Å²) in [6.07, 6.45) is 1.83. The molecule has 3 nitrogen and oxygen atoms in total. The van der Waals surface area contributed by atoms with Crippen molar-refractivity contribution in [2.24, 2.45) is 17.6 Å². The fourth-order valence-corrected chi connectivity index (χ4v) is 1.61. The van der Waals surface area contributed by atoms with E-state index >= 15 is 0 Å². The monoisotopic (exact) mass is 155 g/mol. The second-order valence-electron chi connectivity index (χ2n) is 3.22. The highest BCUT2D eigenvalue weighted by Gasteiger charge is 2.31. The Labute approximate surface area is 66.0 Å². The van der Waals surface area contributed by atoms with E-state index in [9.17, 15) is 9.59 Å². The molecule has 2 unspecified atom stereocenters. The second-order valence-corrected chi connectivity index (χ2v) is 3.22. The standard InChI is InChI=1S/C8H13NO2/c1-5-6(4-8(9)11)2-3-7(5)10/h5-6H,2-4H2,1H3,(H2,9,11). The van der Waals surface area contributed by atoms with Gasteiger partial charge in [-0.25, -0.2) is 0 Å². The summed E-state index contributed by atoms with van der Waals surface area (Å²) in [5, 5.41) is 0. The molecule has 0 heterocycles. The maximum absolute atomic E-state index is 11.0. The number of primary amides is 1. The van der Waals surface area contributed by atoms with E-state index in [4.69, 9.17) is 5.73 Å². The molecule has 0 aromatic heterocycles. The number of nitrogens with two attached hydrogens (primary N) is 1. The third kappa shape index (κ3) is 1.79. The van der Waals surface area contributed by atoms with Crippen LogP contribution in [0.5, 0.6) is 0 Å². The van der Waals surface area contributed by atoms with Crippen LogP contribution in [-0.2, 0) is 9.59 Å². The van der Waals surface area contributed by atoms with Crippen molar-refractivity contribution in [3.63, 3.8) is 0 Å². The van der Waals surface area contributed by atoms with Gasteiger partial charge in [0, 0.05) is 18.8 Å². The minimum absolute atomic E-state index is 0.0440. The Morgan fingerprint density at radius 2 is 2.36 bits per heavy atom. The quantitative estimate of drug-likeness (QED) is 0.630. The molecule has 0 spiro atoms. The Kier molecular flexibility index (Phi) is 2.27. The van der Waals surface area contributed by atoms with Crippen molar-refractivity contribution in [2.45, 2.75) is 26.2 Å². The SMILES string of the molecule is CC1C(=O)CCC1CC(N)=O. The summed E-state index contributed by atoms with van der Waals surface area (Å²) >= 11 is 0. The maximum atomic E-state index is 11.0. The average molecular weight is 155 g/mol. The van der Waals surface area contributed by atoms with Crippen molar-refractivity contribution in [3.8, 4) is 0 Å². The predicted octanol–water partition coefficient (Wildman–Crippen LogP) is 0.477. The first kappa shape index (κ1) is 8.24. The molecular formula is C8H13NO2. The van der Waals surface area contributed by atoms with Crippen LogP contribution < -0.4 is 5.73 Å². The molecule has 3 heteroatoms. The van der Waals surface area contributed by atoms with E-state index < -0.39 is 0 Å². The molecule has 1 saturated carbocycles. The lowest BCUT2D eigenvalue weighted by atomic mass is 9.94. The first-order valence-electron chi connectivity index (χ1n) is 3.92. The van der Waals surface area contributed by atoms with E-state index in [1.807, 2.05) is 6.92 Å². The summed E-state index contributed by atoms with van der Waals surface area (Å²) in [4.78, 5) is 21.5. The average Bonchev–Trinajstić information content (AvgIpc) is 2.18. The highest BCUT2D eigenvalue weighted by atomic mass is 16.1. The maximum Gasteiger partial charge on any atom is 0.217 e. The smallest absolute Gasteiger partial charge is 0.217 e. The van der Waals surface area contributed by atoms with Gasteiger partial charge in [0.1, 0.15) is 5.78 Å². The summed E-state index contributed by atoms with van der Waals surface area (Å²) in [6.45, 7) is 1.88. The molecule has 1 fully saturated rings. The largest absolute Gasteiger partial charge is 0.370 e. The Morgan fingerprint density at radius 1 is 1.73 bits per heavy atom. The van der Waals surface area contributed by atoms with Crippen LogP contribution in [0.3, 0.4) is 0 Å². The molecule has 1 aliphatic carbocycles. The minimum atomic E-state index is -0.295. The molecule has 62 valence electrons. The Hall–Kier alpha value is -0.860. The van der Waals surface area contributed by atoms with Gasteiger partial charge in [-0.05, 0) is 12.3 Å². The van der Waals surface area contributed by atoms with Gasteiger partial charge in [0.2, 0.25) is 5.91 Å². The van der Waals surface area contributed by atoms with E-state index in [1.54, 1.807) is 0 Å². The van der Waals surface area contributed by atoms with Crippen molar-refractivity contribution < 1.29 is 9.59 Å². The first-order chi connectivity index (χ1) is 5.11. The van der Waals surface area contributed by atoms with Crippen LogP contribution in [0.15, 0.2) is 0 Å². The van der Waals surface area contributed by atoms with Gasteiger partial charge in [-0.2, -0.15) is 0 Å². The lowest BCUT2D eigenvalue weighted by Gasteiger charge is -2.10. The summed E-state index contributed by atoms with van der Waals surface area (Å²) in [6, 6.07) is 0. The van der Waals surface area contributed by atoms with Crippen LogP contribution in [0.2, 0.25) is 0 Å². The second kappa shape index (κ2) is 3.03. The molecule has 0 aromatic carbocycles. The van der Waals surface area contributed by atoms with Crippen LogP contribution >= 0.6 is 0 Å². The van der Waals surface area contributed by atoms with Crippen LogP contribution in [0.4, 0.5) is 0 Å². The van der Waals surface area contributed by atoms with Gasteiger partial charge in [-0.15, -0.1) is 0 Å². The zero-order chi connectivity index (χ0) is 8.43. The van der Waals surface area contributed by atoms with Gasteiger partial charge in [-0.3, -0.25) is 9.59 Å². The Bertz CT molecular complexity index is 189. The molecule has 2 atom stereocenters. The number of carbonyl (C=O) groups is 2. The van der Waals surface area contributed by atoms with Crippen LogP contribution in [0.25, 0.3) is 0 Å². The van der Waals surface area contributed by atoms with Crippen molar-refractivity contribution in [1.29, 1.82) is 0 Å². The molecule has 0 saturated heterocycles. The third-order valence-corrected chi connectivity index (χ3v) is 2.44. The molecule has 0 radical (unpaired) electrons. The molecular weight excluding hydrogens is 142 g/mol. The lowest BCUT2D eigenvalue weighted by molar-refractivity contribution is -0.121. The van der Waals surface area contributed by atoms with Crippen LogP contribution in [-0.4, -0.2) is 11.7 Å². The molecule has 0 aliphatic heterocycles. The molecule has 1 amide bonds. The summed E-state index contributed by atoms with van der Waals surface area (Å²) in [7, 11) is 0. The van der Waals surface area contributed by atoms with Crippen molar-refractivity contribution in [1.82, 2.24) is 0 Å². The number of rotatable bonds is 2. The van der Waals surface area contributed by atoms with Crippen LogP contribution in [0.1, 0.15) is 26.2 Å². The van der Waals surface area contributed by atoms with Crippen molar-refractivity contribution in [3.05, 3.63) is 0 Å². The molecule has 1 aliphatic rings. The zero-order valence-corrected chi connectivity index (χ0v) is 6.67. The number of carbonyl (C=O) groups excluding carboxylic acids is 2. The van der Waals surface area contributed by atoms with Crippen molar-refractivity contribution >= 4 is 11.7 Å². The molecule has 0 bridgehead atoms. The van der Waals surface area contributed by atoms with Gasteiger partial charge in [-0.1, -0.05) is 6.92 Å². The third-order valence-electron chi connectivity index (χ3n) is 2.44. The highest BCUT2D eigenvalue weighted by molar-refractivity contribution is 5.84. The normalized spacial score (nSPS) is 30.8. The van der Waals surface area contributed by atoms with Gasteiger partial charge < -0.3 is 5.73 Å². The van der Waals surface area contributed by atoms with Gasteiger partial charge in [0.25, 0.3) is 0 Å². The molecule has 0 aromatic rings. The number of hydrogen-bond acceptors (Lipinski definition) is 2. The Balaban J connectivity index is 2.48. The van der Waals surface area contributed by atoms with E-state index in [0.29, 0.717) is 12.8 Å². The van der Waals surface area contributed by atoms with Crippen LogP contribution in [0, 0.1) is 11.8 Å². The number of Topliss-reactive ketones (excluding diaryl/α,β-unsaturated/α-hetero) is 1. The molecule has 1 rings (SSSR count). The highest BCUT2D eigenvalue weighted by Crippen LogP contribution is 2.30. The van der Waals surface area contributed by atoms with E-state index in [2.05, 4.69) is 0 Å². The van der Waals surface area contributed by atoms with Crippen molar-refractivity contribution in [2.75, 3.05) is 0 Å². The fourth-order valence-electron chi connectivity index (χ4n) is 1.61.